The van der Waals surface area contributed by atoms with Gasteiger partial charge in [-0.25, -0.2) is 8.42 Å². The van der Waals surface area contributed by atoms with Gasteiger partial charge in [-0.05, 0) is 116 Å². The van der Waals surface area contributed by atoms with Crippen molar-refractivity contribution in [3.63, 3.8) is 0 Å². The van der Waals surface area contributed by atoms with Gasteiger partial charge in [0, 0.05) is 12.5 Å². The average Bonchev–Trinajstić information content (AvgIpc) is 3.19. The average molecular weight is 583 g/mol. The van der Waals surface area contributed by atoms with Crippen LogP contribution in [0.2, 0.25) is 0 Å². The predicted octanol–water partition coefficient (Wildman–Crippen LogP) is 5.11. The van der Waals surface area contributed by atoms with E-state index in [4.69, 9.17) is 0 Å². The van der Waals surface area contributed by atoms with Crippen molar-refractivity contribution in [1.29, 1.82) is 0 Å². The minimum Gasteiger partial charge on any atom is -0.748 e. The van der Waals surface area contributed by atoms with Gasteiger partial charge in [0.2, 0.25) is 5.91 Å². The third kappa shape index (κ3) is 6.30. The van der Waals surface area contributed by atoms with E-state index in [0.29, 0.717) is 48.3 Å². The number of nitrogens with one attached hydrogen (secondary N) is 1. The van der Waals surface area contributed by atoms with Crippen molar-refractivity contribution in [2.75, 3.05) is 5.75 Å². The fraction of sp³-hybridized carbons (Fsp3) is 0.969. The number of aliphatic hydroxyl groups is 2. The smallest absolute Gasteiger partial charge is 0.220 e. The lowest BCUT2D eigenvalue weighted by Crippen LogP contribution is -2.62. The lowest BCUT2D eigenvalue weighted by Gasteiger charge is -2.64. The van der Waals surface area contributed by atoms with Gasteiger partial charge in [-0.1, -0.05) is 48.0 Å². The third-order valence-corrected chi connectivity index (χ3v) is 13.3. The van der Waals surface area contributed by atoms with Crippen LogP contribution in [0.4, 0.5) is 0 Å². The molecular weight excluding hydrogens is 526 g/mol. The van der Waals surface area contributed by atoms with Crippen LogP contribution in [0.25, 0.3) is 0 Å². The van der Waals surface area contributed by atoms with E-state index in [1.165, 1.54) is 0 Å². The molecule has 0 spiro atoms. The fourth-order valence-electron chi connectivity index (χ4n) is 10.8. The van der Waals surface area contributed by atoms with Gasteiger partial charge < -0.3 is 20.1 Å². The Morgan fingerprint density at radius 1 is 1.00 bits per heavy atom. The van der Waals surface area contributed by atoms with Gasteiger partial charge in [0.15, 0.2) is 0 Å². The van der Waals surface area contributed by atoms with Crippen LogP contribution in [0.5, 0.6) is 0 Å². The SMILES string of the molecule is CC[C@H]1[C@@H](O)[C@@H]2[C@H](CC[C@]3(C)[C@@H]([C@H](C)CCC(=O)N[C@H](CC(C)C)CS(=O)(=O)[O-])CC[C@@H]23)[C@@]2(C)CC[C@@H](O)C[C@@H]12. The standard InChI is InChI=1S/C32H57NO6S/c1-7-23-27-17-22(34)12-14-32(27,6)26-13-15-31(5)24(9-10-25(31)29(26)30(23)36)20(4)8-11-28(35)33-21(16-19(2)3)18-40(37,38)39/h19-27,29-30,34,36H,7-18H2,1-6H3,(H,33,35)(H,37,38,39)/p-1/t20-,21-,22-,23-,24-,25+,26+,27+,29+,30-,31-,32-/m1/s1. The lowest BCUT2D eigenvalue weighted by molar-refractivity contribution is -0.203. The molecule has 0 aromatic rings. The Morgan fingerprint density at radius 3 is 2.27 bits per heavy atom. The summed E-state index contributed by atoms with van der Waals surface area (Å²) >= 11 is 0. The highest BCUT2D eigenvalue weighted by Crippen LogP contribution is 2.69. The van der Waals surface area contributed by atoms with Gasteiger partial charge >= 0.3 is 0 Å². The Bertz CT molecular complexity index is 1000. The summed E-state index contributed by atoms with van der Waals surface area (Å²) in [4.78, 5) is 12.8. The Hall–Kier alpha value is -0.700. The number of aliphatic hydroxyl groups excluding tert-OH is 2. The fourth-order valence-corrected chi connectivity index (χ4v) is 11.5. The van der Waals surface area contributed by atoms with Crippen molar-refractivity contribution in [2.45, 2.75) is 130 Å². The highest BCUT2D eigenvalue weighted by molar-refractivity contribution is 7.85. The first-order valence-corrected chi connectivity index (χ1v) is 17.8. The number of rotatable bonds is 10. The van der Waals surface area contributed by atoms with E-state index in [-0.39, 0.29) is 40.8 Å². The van der Waals surface area contributed by atoms with E-state index in [9.17, 15) is 28.0 Å². The highest BCUT2D eigenvalue weighted by atomic mass is 32.2. The van der Waals surface area contributed by atoms with Crippen molar-refractivity contribution in [2.24, 2.45) is 58.2 Å². The zero-order valence-electron chi connectivity index (χ0n) is 25.8. The Kier molecular flexibility index (Phi) is 9.76. The zero-order chi connectivity index (χ0) is 29.6. The maximum Gasteiger partial charge on any atom is 0.220 e. The summed E-state index contributed by atoms with van der Waals surface area (Å²) in [5.41, 5.74) is 0.335. The van der Waals surface area contributed by atoms with E-state index in [1.807, 2.05) is 13.8 Å². The summed E-state index contributed by atoms with van der Waals surface area (Å²) in [6.07, 6.45) is 9.29. The van der Waals surface area contributed by atoms with Crippen LogP contribution in [0.3, 0.4) is 0 Å². The minimum atomic E-state index is -4.41. The monoisotopic (exact) mass is 582 g/mol. The van der Waals surface area contributed by atoms with E-state index in [0.717, 1.165) is 57.8 Å². The number of hydrogen-bond acceptors (Lipinski definition) is 6. The van der Waals surface area contributed by atoms with Crippen LogP contribution >= 0.6 is 0 Å². The topological polar surface area (TPSA) is 127 Å². The molecule has 4 aliphatic rings. The summed E-state index contributed by atoms with van der Waals surface area (Å²) in [5.74, 6) is 2.24. The summed E-state index contributed by atoms with van der Waals surface area (Å²) in [5, 5.41) is 25.2. The van der Waals surface area contributed by atoms with Crippen LogP contribution in [0.15, 0.2) is 0 Å². The van der Waals surface area contributed by atoms with Crippen molar-refractivity contribution in [1.82, 2.24) is 5.32 Å². The molecule has 1 amide bonds. The number of amides is 1. The van der Waals surface area contributed by atoms with Gasteiger partial charge in [0.25, 0.3) is 0 Å². The highest BCUT2D eigenvalue weighted by Gasteiger charge is 2.64. The Morgan fingerprint density at radius 2 is 1.65 bits per heavy atom. The van der Waals surface area contributed by atoms with Crippen LogP contribution in [0, 0.1) is 58.2 Å². The molecule has 4 aliphatic carbocycles. The van der Waals surface area contributed by atoms with Crippen LogP contribution in [0.1, 0.15) is 112 Å². The molecule has 0 bridgehead atoms. The molecule has 0 saturated heterocycles. The second-order valence-corrected chi connectivity index (χ2v) is 16.7. The molecule has 4 saturated carbocycles. The molecule has 4 rings (SSSR count). The van der Waals surface area contributed by atoms with Crippen LogP contribution in [-0.2, 0) is 14.9 Å². The predicted molar refractivity (Wildman–Crippen MR) is 156 cm³/mol. The molecule has 40 heavy (non-hydrogen) atoms. The summed E-state index contributed by atoms with van der Waals surface area (Å²) in [7, 11) is -4.41. The molecule has 4 fully saturated rings. The maximum absolute atomic E-state index is 12.8. The first-order chi connectivity index (χ1) is 18.6. The molecule has 3 N–H and O–H groups in total. The second-order valence-electron chi connectivity index (χ2n) is 15.3. The molecule has 0 aliphatic heterocycles. The van der Waals surface area contributed by atoms with Gasteiger partial charge in [0.05, 0.1) is 28.1 Å². The second kappa shape index (κ2) is 12.1. The molecule has 0 radical (unpaired) electrons. The van der Waals surface area contributed by atoms with Crippen molar-refractivity contribution >= 4 is 16.0 Å². The molecule has 12 atom stereocenters. The van der Waals surface area contributed by atoms with Gasteiger partial charge in [-0.15, -0.1) is 0 Å². The molecular formula is C32H56NO6S-. The first kappa shape index (κ1) is 32.2. The minimum absolute atomic E-state index is 0.143. The van der Waals surface area contributed by atoms with Crippen molar-refractivity contribution in [3.8, 4) is 0 Å². The molecule has 7 nitrogen and oxygen atoms in total. The molecule has 0 aromatic carbocycles. The number of fused-ring (bicyclic) bond motifs is 5. The van der Waals surface area contributed by atoms with E-state index in [1.54, 1.807) is 0 Å². The molecule has 8 heteroatoms. The Balaban J connectivity index is 1.43. The molecule has 0 aromatic heterocycles. The molecule has 0 heterocycles. The van der Waals surface area contributed by atoms with Crippen LogP contribution < -0.4 is 5.32 Å². The van der Waals surface area contributed by atoms with E-state index >= 15 is 0 Å². The summed E-state index contributed by atoms with van der Waals surface area (Å²) in [6, 6.07) is -0.639. The van der Waals surface area contributed by atoms with E-state index < -0.39 is 21.9 Å². The number of carbonyl (C=O) groups excluding carboxylic acids is 1. The lowest BCUT2D eigenvalue weighted by atomic mass is 9.41. The summed E-state index contributed by atoms with van der Waals surface area (Å²) < 4.78 is 34.1. The molecule has 232 valence electrons. The largest absolute Gasteiger partial charge is 0.748 e. The van der Waals surface area contributed by atoms with Crippen molar-refractivity contribution in [3.05, 3.63) is 0 Å². The molecule has 0 unspecified atom stereocenters. The number of hydrogen-bond donors (Lipinski definition) is 3. The maximum atomic E-state index is 12.8. The summed E-state index contributed by atoms with van der Waals surface area (Å²) in [6.45, 7) is 13.3. The van der Waals surface area contributed by atoms with Crippen LogP contribution in [-0.4, -0.2) is 53.1 Å². The quantitative estimate of drug-likeness (QED) is 0.308. The van der Waals surface area contributed by atoms with Crippen molar-refractivity contribution < 1.29 is 28.0 Å². The van der Waals surface area contributed by atoms with Gasteiger partial charge in [-0.2, -0.15) is 0 Å². The van der Waals surface area contributed by atoms with Gasteiger partial charge in [0.1, 0.15) is 0 Å². The zero-order valence-corrected chi connectivity index (χ0v) is 26.6. The first-order valence-electron chi connectivity index (χ1n) is 16.2. The van der Waals surface area contributed by atoms with E-state index in [2.05, 4.69) is 33.0 Å². The number of carbonyl (C=O) groups is 1. The normalized spacial score (nSPS) is 43.0. The Labute approximate surface area is 243 Å². The van der Waals surface area contributed by atoms with Gasteiger partial charge in [-0.3, -0.25) is 4.79 Å². The third-order valence-electron chi connectivity index (χ3n) is 12.5.